The Hall–Kier alpha value is -2.94. The molecule has 0 amide bonds. The summed E-state index contributed by atoms with van der Waals surface area (Å²) in [5.74, 6) is -0.277. The zero-order chi connectivity index (χ0) is 23.8. The number of aryl methyl sites for hydroxylation is 1. The molecule has 9 heteroatoms. The summed E-state index contributed by atoms with van der Waals surface area (Å²) in [6.45, 7) is 0.215. The number of nitrogens with zero attached hydrogens (tertiary/aromatic N) is 2. The number of nitrogens with one attached hydrogen (secondary N) is 1. The Balaban J connectivity index is 1.79. The first-order valence-electron chi connectivity index (χ1n) is 10.4. The third-order valence-electron chi connectivity index (χ3n) is 5.22. The Morgan fingerprint density at radius 2 is 1.94 bits per heavy atom. The molecule has 33 heavy (non-hydrogen) atoms. The van der Waals surface area contributed by atoms with Crippen LogP contribution in [-0.4, -0.2) is 37.6 Å². The predicted octanol–water partition coefficient (Wildman–Crippen LogP) is 3.87. The van der Waals surface area contributed by atoms with E-state index in [1.165, 1.54) is 19.2 Å². The average molecular weight is 488 g/mol. The standard InChI is InChI=1S/C24H26ClN3O4S/c1-28-21(9-12-24(29)32-2)16-19(6-5-18-4-3-14-26-17-18)23(28)13-15-27-33(30,31)22-10-7-20(25)8-11-22/h3-8,10-11,14,16-17,27H,9,12-13,15H2,1-2H3. The lowest BCUT2D eigenvalue weighted by molar-refractivity contribution is -0.140. The molecule has 0 saturated heterocycles. The molecule has 3 rings (SSSR count). The van der Waals surface area contributed by atoms with E-state index >= 15 is 0 Å². The SMILES string of the molecule is COC(=O)CCc1cc(C=Cc2cccnc2)c(CCNS(=O)(=O)c2ccc(Cl)cc2)n1C. The number of sulfonamides is 1. The maximum atomic E-state index is 12.6. The molecule has 1 aromatic carbocycles. The molecule has 0 atom stereocenters. The van der Waals surface area contributed by atoms with E-state index in [9.17, 15) is 13.2 Å². The van der Waals surface area contributed by atoms with Gasteiger partial charge >= 0.3 is 5.97 Å². The number of esters is 1. The van der Waals surface area contributed by atoms with Crippen molar-refractivity contribution < 1.29 is 17.9 Å². The van der Waals surface area contributed by atoms with Crippen molar-refractivity contribution in [1.82, 2.24) is 14.3 Å². The number of ether oxygens (including phenoxy) is 1. The van der Waals surface area contributed by atoms with Gasteiger partial charge in [-0.1, -0.05) is 29.8 Å². The maximum absolute atomic E-state index is 12.6. The van der Waals surface area contributed by atoms with Gasteiger partial charge in [0.2, 0.25) is 10.0 Å². The molecule has 0 radical (unpaired) electrons. The molecule has 3 aromatic rings. The number of rotatable bonds is 10. The Bertz CT molecular complexity index is 1220. The Morgan fingerprint density at radius 1 is 1.18 bits per heavy atom. The Labute approximate surface area is 199 Å². The van der Waals surface area contributed by atoms with Gasteiger partial charge in [0.15, 0.2) is 0 Å². The molecule has 2 heterocycles. The summed E-state index contributed by atoms with van der Waals surface area (Å²) in [4.78, 5) is 15.9. The van der Waals surface area contributed by atoms with Crippen molar-refractivity contribution in [2.45, 2.75) is 24.2 Å². The second-order valence-corrected chi connectivity index (χ2v) is 9.60. The van der Waals surface area contributed by atoms with Crippen LogP contribution in [0.5, 0.6) is 0 Å². The second kappa shape index (κ2) is 11.3. The summed E-state index contributed by atoms with van der Waals surface area (Å²) in [5.41, 5.74) is 3.81. The first-order chi connectivity index (χ1) is 15.8. The van der Waals surface area contributed by atoms with Gasteiger partial charge in [0.05, 0.1) is 18.4 Å². The van der Waals surface area contributed by atoms with E-state index in [2.05, 4.69) is 9.71 Å². The molecule has 0 aliphatic carbocycles. The summed E-state index contributed by atoms with van der Waals surface area (Å²) >= 11 is 5.85. The molecule has 0 saturated carbocycles. The van der Waals surface area contributed by atoms with Gasteiger partial charge < -0.3 is 9.30 Å². The number of carbonyl (C=O) groups is 1. The van der Waals surface area contributed by atoms with Gasteiger partial charge in [-0.15, -0.1) is 0 Å². The number of methoxy groups -OCH3 is 1. The molecule has 0 fully saturated rings. The van der Waals surface area contributed by atoms with Gasteiger partial charge in [0.25, 0.3) is 0 Å². The molecule has 2 aromatic heterocycles. The van der Waals surface area contributed by atoms with Crippen LogP contribution < -0.4 is 4.72 Å². The molecule has 7 nitrogen and oxygen atoms in total. The third kappa shape index (κ3) is 6.77. The van der Waals surface area contributed by atoms with E-state index < -0.39 is 10.0 Å². The highest BCUT2D eigenvalue weighted by Crippen LogP contribution is 2.21. The molecule has 0 bridgehead atoms. The molecule has 1 N–H and O–H groups in total. The van der Waals surface area contributed by atoms with Crippen LogP contribution in [0.1, 0.15) is 28.9 Å². The van der Waals surface area contributed by atoms with E-state index in [0.717, 1.165) is 22.5 Å². The molecule has 0 unspecified atom stereocenters. The van der Waals surface area contributed by atoms with Crippen LogP contribution >= 0.6 is 11.6 Å². The Morgan fingerprint density at radius 3 is 2.61 bits per heavy atom. The summed E-state index contributed by atoms with van der Waals surface area (Å²) in [7, 11) is -0.369. The van der Waals surface area contributed by atoms with Crippen LogP contribution in [0.2, 0.25) is 5.02 Å². The number of benzene rings is 1. The van der Waals surface area contributed by atoms with Crippen LogP contribution in [0.25, 0.3) is 12.2 Å². The lowest BCUT2D eigenvalue weighted by Gasteiger charge is -2.10. The van der Waals surface area contributed by atoms with Gasteiger partial charge in [-0.25, -0.2) is 13.1 Å². The molecule has 0 spiro atoms. The van der Waals surface area contributed by atoms with Crippen LogP contribution in [0.3, 0.4) is 0 Å². The van der Waals surface area contributed by atoms with Gasteiger partial charge in [0, 0.05) is 48.8 Å². The van der Waals surface area contributed by atoms with Crippen molar-refractivity contribution in [1.29, 1.82) is 0 Å². The van der Waals surface area contributed by atoms with Crippen LogP contribution in [0, 0.1) is 0 Å². The lowest BCUT2D eigenvalue weighted by Crippen LogP contribution is -2.26. The van der Waals surface area contributed by atoms with E-state index in [1.54, 1.807) is 24.5 Å². The largest absolute Gasteiger partial charge is 0.469 e. The first kappa shape index (κ1) is 24.7. The lowest BCUT2D eigenvalue weighted by atomic mass is 10.1. The van der Waals surface area contributed by atoms with Gasteiger partial charge in [-0.2, -0.15) is 0 Å². The second-order valence-electron chi connectivity index (χ2n) is 7.39. The fourth-order valence-corrected chi connectivity index (χ4v) is 4.57. The van der Waals surface area contributed by atoms with E-state index in [4.69, 9.17) is 16.3 Å². The fraction of sp³-hybridized carbons (Fsp3) is 0.250. The number of hydrogen-bond donors (Lipinski definition) is 1. The highest BCUT2D eigenvalue weighted by Gasteiger charge is 2.16. The zero-order valence-corrected chi connectivity index (χ0v) is 20.1. The molecule has 0 aliphatic rings. The van der Waals surface area contributed by atoms with Crippen molar-refractivity contribution in [3.05, 3.63) is 82.4 Å². The molecule has 174 valence electrons. The smallest absolute Gasteiger partial charge is 0.305 e. The summed E-state index contributed by atoms with van der Waals surface area (Å²) in [6.07, 6.45) is 8.65. The molecular formula is C24H26ClN3O4S. The van der Waals surface area contributed by atoms with Crippen LogP contribution in [0.4, 0.5) is 0 Å². The van der Waals surface area contributed by atoms with Gasteiger partial charge in [-0.05, 0) is 53.9 Å². The van der Waals surface area contributed by atoms with Gasteiger partial charge in [-0.3, -0.25) is 9.78 Å². The minimum absolute atomic E-state index is 0.161. The van der Waals surface area contributed by atoms with Crippen molar-refractivity contribution >= 4 is 39.7 Å². The van der Waals surface area contributed by atoms with Crippen molar-refractivity contribution in [3.63, 3.8) is 0 Å². The number of halogens is 1. The molecular weight excluding hydrogens is 462 g/mol. The third-order valence-corrected chi connectivity index (χ3v) is 6.95. The van der Waals surface area contributed by atoms with Crippen molar-refractivity contribution in [2.24, 2.45) is 7.05 Å². The van der Waals surface area contributed by atoms with Crippen molar-refractivity contribution in [3.8, 4) is 0 Å². The normalized spacial score (nSPS) is 11.7. The summed E-state index contributed by atoms with van der Waals surface area (Å²) in [6, 6.07) is 11.9. The summed E-state index contributed by atoms with van der Waals surface area (Å²) < 4.78 is 34.6. The van der Waals surface area contributed by atoms with E-state index in [-0.39, 0.29) is 23.8 Å². The topological polar surface area (TPSA) is 90.3 Å². The predicted molar refractivity (Wildman–Crippen MR) is 129 cm³/mol. The minimum Gasteiger partial charge on any atom is -0.469 e. The highest BCUT2D eigenvalue weighted by atomic mass is 35.5. The van der Waals surface area contributed by atoms with Gasteiger partial charge in [0.1, 0.15) is 0 Å². The van der Waals surface area contributed by atoms with Crippen molar-refractivity contribution in [2.75, 3.05) is 13.7 Å². The average Bonchev–Trinajstić information content (AvgIpc) is 3.11. The van der Waals surface area contributed by atoms with Crippen LogP contribution in [-0.2, 0) is 39.4 Å². The van der Waals surface area contributed by atoms with Crippen LogP contribution in [0.15, 0.2) is 59.8 Å². The number of hydrogen-bond acceptors (Lipinski definition) is 5. The van der Waals surface area contributed by atoms with E-state index in [1.807, 2.05) is 42.0 Å². The first-order valence-corrected chi connectivity index (χ1v) is 12.2. The maximum Gasteiger partial charge on any atom is 0.305 e. The highest BCUT2D eigenvalue weighted by molar-refractivity contribution is 7.89. The Kier molecular flexibility index (Phi) is 8.43. The monoisotopic (exact) mass is 487 g/mol. The number of aromatic nitrogens is 2. The number of carbonyl (C=O) groups excluding carboxylic acids is 1. The van der Waals surface area contributed by atoms with E-state index in [0.29, 0.717) is 17.9 Å². The minimum atomic E-state index is -3.65. The quantitative estimate of drug-likeness (QED) is 0.438. The molecule has 0 aliphatic heterocycles. The zero-order valence-electron chi connectivity index (χ0n) is 18.5. The number of pyridine rings is 1. The fourth-order valence-electron chi connectivity index (χ4n) is 3.42. The summed E-state index contributed by atoms with van der Waals surface area (Å²) in [5, 5.41) is 0.474.